The second kappa shape index (κ2) is 4.72. The molecular formula is C15H13ClN4. The van der Waals surface area contributed by atoms with Crippen LogP contribution in [0.1, 0.15) is 11.3 Å². The van der Waals surface area contributed by atoms with Crippen LogP contribution < -0.4 is 5.73 Å². The van der Waals surface area contributed by atoms with Crippen LogP contribution in [0.3, 0.4) is 0 Å². The molecule has 2 N–H and O–H groups in total. The van der Waals surface area contributed by atoms with Gasteiger partial charge in [-0.3, -0.25) is 0 Å². The maximum atomic E-state index is 6.03. The van der Waals surface area contributed by atoms with Crippen LogP contribution in [-0.4, -0.2) is 15.0 Å². The van der Waals surface area contributed by atoms with Crippen molar-refractivity contribution in [1.29, 1.82) is 0 Å². The molecule has 0 aliphatic carbocycles. The number of nitrogen functional groups attached to an aromatic ring is 1. The molecule has 4 nitrogen and oxygen atoms in total. The number of pyridine rings is 1. The van der Waals surface area contributed by atoms with Crippen LogP contribution in [0.2, 0.25) is 5.02 Å². The van der Waals surface area contributed by atoms with Crippen molar-refractivity contribution in [2.45, 2.75) is 13.8 Å². The fourth-order valence-electron chi connectivity index (χ4n) is 2.30. The fraction of sp³-hybridized carbons (Fsp3) is 0.133. The Morgan fingerprint density at radius 3 is 2.45 bits per heavy atom. The molecule has 0 bridgehead atoms. The Hall–Kier alpha value is -2.20. The Kier molecular flexibility index (Phi) is 3.03. The van der Waals surface area contributed by atoms with Crippen molar-refractivity contribution in [1.82, 2.24) is 15.0 Å². The Balaban J connectivity index is 2.44. The van der Waals surface area contributed by atoms with Gasteiger partial charge in [-0.1, -0.05) is 23.7 Å². The van der Waals surface area contributed by atoms with E-state index in [9.17, 15) is 0 Å². The first-order valence-electron chi connectivity index (χ1n) is 6.21. The highest BCUT2D eigenvalue weighted by Gasteiger charge is 2.15. The molecule has 0 amide bonds. The van der Waals surface area contributed by atoms with Crippen LogP contribution in [0.25, 0.3) is 22.2 Å². The summed E-state index contributed by atoms with van der Waals surface area (Å²) in [5.41, 5.74) is 10.7. The summed E-state index contributed by atoms with van der Waals surface area (Å²) in [7, 11) is 0. The zero-order valence-electron chi connectivity index (χ0n) is 11.2. The lowest BCUT2D eigenvalue weighted by Crippen LogP contribution is -2.01. The topological polar surface area (TPSA) is 64.7 Å². The molecule has 3 aromatic rings. The number of nitrogens with two attached hydrogens (primary N) is 1. The first-order valence-corrected chi connectivity index (χ1v) is 6.59. The van der Waals surface area contributed by atoms with E-state index in [1.807, 2.05) is 38.1 Å². The van der Waals surface area contributed by atoms with Crippen molar-refractivity contribution in [3.63, 3.8) is 0 Å². The van der Waals surface area contributed by atoms with Gasteiger partial charge < -0.3 is 5.73 Å². The summed E-state index contributed by atoms with van der Waals surface area (Å²) in [6.07, 6.45) is 1.44. The standard InChI is InChI=1S/C15H13ClN4/c1-8-9(2)20-15-13(14(17)18-7-19-15)12(8)10-3-5-11(16)6-4-10/h3-7H,1-2H3,(H2,17,18,19,20). The van der Waals surface area contributed by atoms with Crippen LogP contribution in [0.5, 0.6) is 0 Å². The van der Waals surface area contributed by atoms with Crippen molar-refractivity contribution in [2.24, 2.45) is 0 Å². The van der Waals surface area contributed by atoms with E-state index in [0.717, 1.165) is 27.8 Å². The number of halogens is 1. The second-order valence-electron chi connectivity index (χ2n) is 4.66. The number of aryl methyl sites for hydroxylation is 1. The molecule has 2 heterocycles. The van der Waals surface area contributed by atoms with Crippen molar-refractivity contribution in [2.75, 3.05) is 5.73 Å². The van der Waals surface area contributed by atoms with Crippen LogP contribution in [-0.2, 0) is 0 Å². The third-order valence-corrected chi connectivity index (χ3v) is 3.68. The quantitative estimate of drug-likeness (QED) is 0.742. The van der Waals surface area contributed by atoms with E-state index in [0.29, 0.717) is 16.5 Å². The number of rotatable bonds is 1. The van der Waals surface area contributed by atoms with Crippen molar-refractivity contribution in [3.8, 4) is 11.1 Å². The number of nitrogens with zero attached hydrogens (tertiary/aromatic N) is 3. The molecule has 0 unspecified atom stereocenters. The number of anilines is 1. The van der Waals surface area contributed by atoms with E-state index in [4.69, 9.17) is 17.3 Å². The number of benzene rings is 1. The minimum absolute atomic E-state index is 0.440. The zero-order chi connectivity index (χ0) is 14.3. The summed E-state index contributed by atoms with van der Waals surface area (Å²) in [5, 5.41) is 1.49. The molecule has 1 aromatic carbocycles. The highest BCUT2D eigenvalue weighted by molar-refractivity contribution is 6.30. The molecule has 0 aliphatic heterocycles. The average Bonchev–Trinajstić information content (AvgIpc) is 2.42. The van der Waals surface area contributed by atoms with Crippen LogP contribution in [0, 0.1) is 13.8 Å². The molecule has 20 heavy (non-hydrogen) atoms. The lowest BCUT2D eigenvalue weighted by Gasteiger charge is -2.13. The molecule has 0 fully saturated rings. The first-order chi connectivity index (χ1) is 9.58. The highest BCUT2D eigenvalue weighted by Crippen LogP contribution is 2.34. The molecule has 0 saturated carbocycles. The molecule has 3 rings (SSSR count). The first kappa shape index (κ1) is 12.8. The van der Waals surface area contributed by atoms with Crippen LogP contribution >= 0.6 is 11.6 Å². The van der Waals surface area contributed by atoms with Gasteiger partial charge in [0.05, 0.1) is 5.39 Å². The van der Waals surface area contributed by atoms with Crippen molar-refractivity contribution in [3.05, 3.63) is 46.9 Å². The fourth-order valence-corrected chi connectivity index (χ4v) is 2.43. The molecular weight excluding hydrogens is 272 g/mol. The zero-order valence-corrected chi connectivity index (χ0v) is 11.9. The van der Waals surface area contributed by atoms with E-state index in [-0.39, 0.29) is 0 Å². The summed E-state index contributed by atoms with van der Waals surface area (Å²) in [6.45, 7) is 3.99. The number of hydrogen-bond acceptors (Lipinski definition) is 4. The molecule has 0 spiro atoms. The van der Waals surface area contributed by atoms with Gasteiger partial charge >= 0.3 is 0 Å². The largest absolute Gasteiger partial charge is 0.383 e. The predicted octanol–water partition coefficient (Wildman–Crippen LogP) is 3.54. The van der Waals surface area contributed by atoms with Gasteiger partial charge in [-0.25, -0.2) is 15.0 Å². The van der Waals surface area contributed by atoms with E-state index in [1.165, 1.54) is 6.33 Å². The summed E-state index contributed by atoms with van der Waals surface area (Å²) in [6, 6.07) is 7.65. The minimum Gasteiger partial charge on any atom is -0.383 e. The van der Waals surface area contributed by atoms with Crippen molar-refractivity contribution >= 4 is 28.5 Å². The van der Waals surface area contributed by atoms with Gasteiger partial charge in [0.15, 0.2) is 5.65 Å². The summed E-state index contributed by atoms with van der Waals surface area (Å²) >= 11 is 5.96. The maximum Gasteiger partial charge on any atom is 0.165 e. The van der Waals surface area contributed by atoms with Gasteiger partial charge in [-0.2, -0.15) is 0 Å². The number of hydrogen-bond donors (Lipinski definition) is 1. The van der Waals surface area contributed by atoms with Gasteiger partial charge in [0, 0.05) is 16.3 Å². The third-order valence-electron chi connectivity index (χ3n) is 3.43. The molecule has 0 radical (unpaired) electrons. The SMILES string of the molecule is Cc1nc2ncnc(N)c2c(-c2ccc(Cl)cc2)c1C. The summed E-state index contributed by atoms with van der Waals surface area (Å²) < 4.78 is 0. The molecule has 5 heteroatoms. The average molecular weight is 285 g/mol. The van der Waals surface area contributed by atoms with Crippen LogP contribution in [0.15, 0.2) is 30.6 Å². The van der Waals surface area contributed by atoms with Crippen LogP contribution in [0.4, 0.5) is 5.82 Å². The van der Waals surface area contributed by atoms with Gasteiger partial charge in [0.1, 0.15) is 12.1 Å². The predicted molar refractivity (Wildman–Crippen MR) is 81.7 cm³/mol. The second-order valence-corrected chi connectivity index (χ2v) is 5.10. The van der Waals surface area contributed by atoms with Gasteiger partial charge in [-0.05, 0) is 37.1 Å². The van der Waals surface area contributed by atoms with Gasteiger partial charge in [-0.15, -0.1) is 0 Å². The molecule has 0 aliphatic rings. The number of fused-ring (bicyclic) bond motifs is 1. The Labute approximate surface area is 121 Å². The van der Waals surface area contributed by atoms with Crippen molar-refractivity contribution < 1.29 is 0 Å². The van der Waals surface area contributed by atoms with E-state index >= 15 is 0 Å². The lowest BCUT2D eigenvalue weighted by atomic mass is 9.97. The third kappa shape index (κ3) is 1.98. The molecule has 0 atom stereocenters. The molecule has 2 aromatic heterocycles. The highest BCUT2D eigenvalue weighted by atomic mass is 35.5. The monoisotopic (exact) mass is 284 g/mol. The molecule has 100 valence electrons. The summed E-state index contributed by atoms with van der Waals surface area (Å²) in [5.74, 6) is 0.440. The minimum atomic E-state index is 0.440. The number of aromatic nitrogens is 3. The Morgan fingerprint density at radius 2 is 1.75 bits per heavy atom. The van der Waals surface area contributed by atoms with E-state index < -0.39 is 0 Å². The normalized spacial score (nSPS) is 10.9. The maximum absolute atomic E-state index is 6.03. The lowest BCUT2D eigenvalue weighted by molar-refractivity contribution is 1.13. The van der Waals surface area contributed by atoms with E-state index in [1.54, 1.807) is 0 Å². The molecule has 0 saturated heterocycles. The Morgan fingerprint density at radius 1 is 1.05 bits per heavy atom. The summed E-state index contributed by atoms with van der Waals surface area (Å²) in [4.78, 5) is 12.8. The smallest absolute Gasteiger partial charge is 0.165 e. The van der Waals surface area contributed by atoms with E-state index in [2.05, 4.69) is 15.0 Å². The van der Waals surface area contributed by atoms with Gasteiger partial charge in [0.25, 0.3) is 0 Å². The Bertz CT molecular complexity index is 797. The van der Waals surface area contributed by atoms with Gasteiger partial charge in [0.2, 0.25) is 0 Å².